The molecule has 2 rings (SSSR count). The molecule has 9 heteroatoms. The molecule has 160 valence electrons. The highest BCUT2D eigenvalue weighted by Gasteiger charge is 2.26. The second kappa shape index (κ2) is 10.6. The zero-order valence-electron chi connectivity index (χ0n) is 16.5. The van der Waals surface area contributed by atoms with Gasteiger partial charge in [-0.15, -0.1) is 3.63 Å². The Labute approximate surface area is 172 Å². The van der Waals surface area contributed by atoms with Gasteiger partial charge in [-0.2, -0.15) is 16.8 Å². The average Bonchev–Trinajstić information content (AvgIpc) is 2.68. The lowest BCUT2D eigenvalue weighted by Crippen LogP contribution is -2.14. The average molecular weight is 443 g/mol. The van der Waals surface area contributed by atoms with Crippen LogP contribution in [0.4, 0.5) is 0 Å². The van der Waals surface area contributed by atoms with Crippen LogP contribution in [-0.4, -0.2) is 30.0 Å². The van der Waals surface area contributed by atoms with Crippen molar-refractivity contribution < 1.29 is 29.9 Å². The van der Waals surface area contributed by atoms with Crippen molar-refractivity contribution in [3.63, 3.8) is 0 Å². The highest BCUT2D eigenvalue weighted by molar-refractivity contribution is 7.99. The molecular weight excluding hydrogens is 416 g/mol. The maximum Gasteiger partial charge on any atom is 0.311 e. The summed E-state index contributed by atoms with van der Waals surface area (Å²) in [6.07, 6.45) is 3.71. The highest BCUT2D eigenvalue weighted by atomic mass is 32.3. The number of rotatable bonds is 12. The van der Waals surface area contributed by atoms with Gasteiger partial charge in [0.05, 0.1) is 23.0 Å². The predicted molar refractivity (Wildman–Crippen MR) is 109 cm³/mol. The topological polar surface area (TPSA) is 96.0 Å². The van der Waals surface area contributed by atoms with Crippen LogP contribution in [-0.2, 0) is 23.9 Å². The number of hydrogen-bond acceptors (Lipinski definition) is 7. The van der Waals surface area contributed by atoms with Gasteiger partial charge in [0, 0.05) is 0 Å². The lowest BCUT2D eigenvalue weighted by atomic mass is 10.3. The number of ether oxygens (including phenoxy) is 2. The minimum Gasteiger partial charge on any atom is -0.494 e. The molecule has 0 unspecified atom stereocenters. The van der Waals surface area contributed by atoms with E-state index < -0.39 is 20.2 Å². The van der Waals surface area contributed by atoms with Gasteiger partial charge in [0.15, 0.2) is 0 Å². The van der Waals surface area contributed by atoms with Gasteiger partial charge in [0.2, 0.25) is 0 Å². The molecule has 0 spiro atoms. The second-order valence-corrected chi connectivity index (χ2v) is 9.63. The van der Waals surface area contributed by atoms with E-state index in [0.29, 0.717) is 24.7 Å². The van der Waals surface area contributed by atoms with Gasteiger partial charge in [0.1, 0.15) is 11.5 Å². The smallest absolute Gasteiger partial charge is 0.311 e. The quantitative estimate of drug-likeness (QED) is 0.456. The summed E-state index contributed by atoms with van der Waals surface area (Å²) < 4.78 is 64.9. The van der Waals surface area contributed by atoms with Gasteiger partial charge in [-0.05, 0) is 61.4 Å². The van der Waals surface area contributed by atoms with Crippen molar-refractivity contribution in [3.8, 4) is 11.5 Å². The van der Waals surface area contributed by atoms with Crippen molar-refractivity contribution in [2.75, 3.05) is 13.2 Å². The van der Waals surface area contributed by atoms with Crippen molar-refractivity contribution in [3.05, 3.63) is 48.5 Å². The van der Waals surface area contributed by atoms with Gasteiger partial charge in [-0.1, -0.05) is 26.7 Å². The first-order valence-electron chi connectivity index (χ1n) is 9.45. The minimum atomic E-state index is -4.51. The van der Waals surface area contributed by atoms with Crippen molar-refractivity contribution in [2.24, 2.45) is 0 Å². The maximum absolute atomic E-state index is 12.4. The Morgan fingerprint density at radius 1 is 0.621 bits per heavy atom. The molecular formula is C20H26O7S2. The molecule has 0 radical (unpaired) electrons. The molecule has 0 fully saturated rings. The molecule has 2 aromatic rings. The molecule has 29 heavy (non-hydrogen) atoms. The molecule has 0 bridgehead atoms. The molecule has 0 heterocycles. The maximum atomic E-state index is 12.4. The van der Waals surface area contributed by atoms with E-state index in [0.717, 1.165) is 25.7 Å². The normalized spacial score (nSPS) is 11.9. The van der Waals surface area contributed by atoms with Crippen LogP contribution in [0.15, 0.2) is 58.3 Å². The van der Waals surface area contributed by atoms with Crippen LogP contribution < -0.4 is 9.47 Å². The Morgan fingerprint density at radius 2 is 0.966 bits per heavy atom. The van der Waals surface area contributed by atoms with Crippen molar-refractivity contribution >= 4 is 20.2 Å². The standard InChI is InChI=1S/C20H26O7S2/c1-3-5-15-25-17-7-11-19(12-8-17)28(21,22)27-29(23,24)20-13-9-18(10-14-20)26-16-6-4-2/h7-14H,3-6,15-16H2,1-2H3. The SMILES string of the molecule is CCCCOc1ccc(S(=O)(=O)OS(=O)(=O)c2ccc(OCCCC)cc2)cc1. The van der Waals surface area contributed by atoms with Crippen molar-refractivity contribution in [2.45, 2.75) is 49.3 Å². The summed E-state index contributed by atoms with van der Waals surface area (Å²) in [4.78, 5) is -0.549. The summed E-state index contributed by atoms with van der Waals surface area (Å²) in [6.45, 7) is 5.10. The van der Waals surface area contributed by atoms with Crippen LogP contribution in [0.2, 0.25) is 0 Å². The van der Waals surface area contributed by atoms with Crippen LogP contribution in [0.5, 0.6) is 11.5 Å². The van der Waals surface area contributed by atoms with Crippen molar-refractivity contribution in [1.82, 2.24) is 0 Å². The van der Waals surface area contributed by atoms with Gasteiger partial charge >= 0.3 is 20.2 Å². The summed E-state index contributed by atoms with van der Waals surface area (Å²) in [5, 5.41) is 0. The molecule has 0 aliphatic rings. The van der Waals surface area contributed by atoms with E-state index in [4.69, 9.17) is 9.47 Å². The molecule has 0 atom stereocenters. The molecule has 0 N–H and O–H groups in total. The third-order valence-corrected chi connectivity index (χ3v) is 7.07. The Kier molecular flexibility index (Phi) is 8.48. The first-order valence-corrected chi connectivity index (χ1v) is 12.3. The highest BCUT2D eigenvalue weighted by Crippen LogP contribution is 2.24. The Hall–Kier alpha value is -2.10. The van der Waals surface area contributed by atoms with Gasteiger partial charge in [0.25, 0.3) is 0 Å². The van der Waals surface area contributed by atoms with E-state index in [2.05, 4.69) is 3.63 Å². The Bertz CT molecular complexity index is 883. The Morgan fingerprint density at radius 3 is 1.28 bits per heavy atom. The minimum absolute atomic E-state index is 0.275. The van der Waals surface area contributed by atoms with E-state index >= 15 is 0 Å². The first-order chi connectivity index (χ1) is 13.8. The van der Waals surface area contributed by atoms with Crippen LogP contribution in [0.3, 0.4) is 0 Å². The molecule has 0 amide bonds. The second-order valence-electron chi connectivity index (χ2n) is 6.32. The number of benzene rings is 2. The van der Waals surface area contributed by atoms with Crippen LogP contribution >= 0.6 is 0 Å². The molecule has 0 aromatic heterocycles. The van der Waals surface area contributed by atoms with Crippen LogP contribution in [0, 0.1) is 0 Å². The number of hydrogen-bond donors (Lipinski definition) is 0. The van der Waals surface area contributed by atoms with Crippen molar-refractivity contribution in [1.29, 1.82) is 0 Å². The first kappa shape index (κ1) is 23.2. The molecule has 0 saturated heterocycles. The summed E-state index contributed by atoms with van der Waals surface area (Å²) in [5.74, 6) is 0.998. The lowest BCUT2D eigenvalue weighted by molar-refractivity contribution is 0.309. The van der Waals surface area contributed by atoms with Crippen LogP contribution in [0.25, 0.3) is 0 Å². The van der Waals surface area contributed by atoms with E-state index in [1.807, 2.05) is 13.8 Å². The fourth-order valence-corrected chi connectivity index (χ4v) is 4.78. The summed E-state index contributed by atoms with van der Waals surface area (Å²) in [7, 11) is -9.02. The Balaban J connectivity index is 2.07. The zero-order valence-corrected chi connectivity index (χ0v) is 18.2. The third kappa shape index (κ3) is 7.02. The van der Waals surface area contributed by atoms with Crippen LogP contribution in [0.1, 0.15) is 39.5 Å². The molecule has 0 saturated carbocycles. The van der Waals surface area contributed by atoms with E-state index in [-0.39, 0.29) is 9.79 Å². The monoisotopic (exact) mass is 442 g/mol. The van der Waals surface area contributed by atoms with Gasteiger partial charge < -0.3 is 9.47 Å². The lowest BCUT2D eigenvalue weighted by Gasteiger charge is -2.09. The van der Waals surface area contributed by atoms with E-state index in [1.165, 1.54) is 48.5 Å². The van der Waals surface area contributed by atoms with Gasteiger partial charge in [-0.3, -0.25) is 0 Å². The molecule has 0 aliphatic carbocycles. The zero-order chi connectivity index (χ0) is 21.3. The van der Waals surface area contributed by atoms with E-state index in [1.54, 1.807) is 0 Å². The summed E-state index contributed by atoms with van der Waals surface area (Å²) in [6, 6.07) is 10.8. The third-order valence-electron chi connectivity index (χ3n) is 3.94. The molecule has 7 nitrogen and oxygen atoms in total. The molecule has 0 aliphatic heterocycles. The predicted octanol–water partition coefficient (Wildman–Crippen LogP) is 4.14. The van der Waals surface area contributed by atoms with Gasteiger partial charge in [-0.25, -0.2) is 0 Å². The fourth-order valence-electron chi connectivity index (χ4n) is 2.27. The number of unbranched alkanes of at least 4 members (excludes halogenated alkanes) is 2. The molecule has 2 aromatic carbocycles. The largest absolute Gasteiger partial charge is 0.494 e. The van der Waals surface area contributed by atoms with E-state index in [9.17, 15) is 16.8 Å². The summed E-state index contributed by atoms with van der Waals surface area (Å²) >= 11 is 0. The summed E-state index contributed by atoms with van der Waals surface area (Å²) in [5.41, 5.74) is 0. The fraction of sp³-hybridized carbons (Fsp3) is 0.400.